The number of halogens is 1. The number of rotatable bonds is 7. The van der Waals surface area contributed by atoms with E-state index < -0.39 is 17.6 Å². The molecular formula is C18H17FN4O3. The van der Waals surface area contributed by atoms with Crippen LogP contribution >= 0.6 is 0 Å². The molecule has 134 valence electrons. The van der Waals surface area contributed by atoms with Gasteiger partial charge in [-0.3, -0.25) is 14.4 Å². The molecule has 0 heterocycles. The van der Waals surface area contributed by atoms with Crippen molar-refractivity contribution in [2.24, 2.45) is 0 Å². The standard InChI is InChI=1S/C18H17FN4O3/c1-3-17(25)15(7-13-4-5-16(19)14(6-13)8-20)10-23(11-21)18(26)9-22-12(2)24/h4-7H,3,9-10H2,1-2H3,(H,22,24)/b15-7+. The van der Waals surface area contributed by atoms with Gasteiger partial charge in [0.05, 0.1) is 18.7 Å². The van der Waals surface area contributed by atoms with Gasteiger partial charge in [-0.1, -0.05) is 13.0 Å². The molecule has 0 spiro atoms. The molecule has 0 radical (unpaired) electrons. The minimum Gasteiger partial charge on any atom is -0.347 e. The van der Waals surface area contributed by atoms with Crippen molar-refractivity contribution < 1.29 is 18.8 Å². The fraction of sp³-hybridized carbons (Fsp3) is 0.278. The number of nitrogens with zero attached hydrogens (tertiary/aromatic N) is 3. The first kappa shape index (κ1) is 20.5. The Morgan fingerprint density at radius 3 is 2.54 bits per heavy atom. The van der Waals surface area contributed by atoms with Gasteiger partial charge in [0.15, 0.2) is 12.0 Å². The summed E-state index contributed by atoms with van der Waals surface area (Å²) in [5.41, 5.74) is 0.369. The highest BCUT2D eigenvalue weighted by molar-refractivity contribution is 6.00. The number of hydrogen-bond donors (Lipinski definition) is 1. The first-order chi connectivity index (χ1) is 12.3. The molecule has 1 rings (SSSR count). The number of hydrogen-bond acceptors (Lipinski definition) is 5. The number of nitriles is 2. The predicted molar refractivity (Wildman–Crippen MR) is 90.4 cm³/mol. The van der Waals surface area contributed by atoms with Crippen LogP contribution in [-0.2, 0) is 14.4 Å². The van der Waals surface area contributed by atoms with Crippen molar-refractivity contribution in [3.63, 3.8) is 0 Å². The first-order valence-corrected chi connectivity index (χ1v) is 7.70. The molecule has 0 bridgehead atoms. The smallest absolute Gasteiger partial charge is 0.255 e. The monoisotopic (exact) mass is 356 g/mol. The van der Waals surface area contributed by atoms with Gasteiger partial charge < -0.3 is 5.32 Å². The summed E-state index contributed by atoms with van der Waals surface area (Å²) in [6.45, 7) is 2.20. The number of carbonyl (C=O) groups excluding carboxylic acids is 3. The fourth-order valence-corrected chi connectivity index (χ4v) is 2.01. The topological polar surface area (TPSA) is 114 Å². The van der Waals surface area contributed by atoms with Crippen LogP contribution in [0.3, 0.4) is 0 Å². The fourth-order valence-electron chi connectivity index (χ4n) is 2.01. The summed E-state index contributed by atoms with van der Waals surface area (Å²) in [5.74, 6) is -2.08. The second-order valence-electron chi connectivity index (χ2n) is 5.29. The van der Waals surface area contributed by atoms with Crippen molar-refractivity contribution in [2.45, 2.75) is 20.3 Å². The zero-order valence-electron chi connectivity index (χ0n) is 14.4. The summed E-state index contributed by atoms with van der Waals surface area (Å²) < 4.78 is 13.4. The van der Waals surface area contributed by atoms with E-state index in [2.05, 4.69) is 5.32 Å². The van der Waals surface area contributed by atoms with Crippen LogP contribution in [0.2, 0.25) is 0 Å². The SMILES string of the molecule is CCC(=O)/C(=C/c1ccc(F)c(C#N)c1)CN(C#N)C(=O)CNC(C)=O. The predicted octanol–water partition coefficient (Wildman–Crippen LogP) is 1.51. The molecule has 26 heavy (non-hydrogen) atoms. The van der Waals surface area contributed by atoms with Crippen LogP contribution in [0.1, 0.15) is 31.4 Å². The van der Waals surface area contributed by atoms with E-state index in [0.29, 0.717) is 5.56 Å². The zero-order valence-corrected chi connectivity index (χ0v) is 14.4. The summed E-state index contributed by atoms with van der Waals surface area (Å²) in [5, 5.41) is 20.3. The third kappa shape index (κ3) is 5.84. The molecule has 0 unspecified atom stereocenters. The van der Waals surface area contributed by atoms with Crippen LogP contribution in [0, 0.1) is 28.6 Å². The molecule has 8 heteroatoms. The molecule has 0 saturated carbocycles. The van der Waals surface area contributed by atoms with Crippen LogP contribution in [-0.4, -0.2) is 35.6 Å². The molecule has 1 N–H and O–H groups in total. The lowest BCUT2D eigenvalue weighted by molar-refractivity contribution is -0.129. The molecule has 0 aliphatic carbocycles. The molecule has 7 nitrogen and oxygen atoms in total. The zero-order chi connectivity index (χ0) is 19.7. The number of amides is 2. The minimum absolute atomic E-state index is 0.136. The van der Waals surface area contributed by atoms with E-state index in [1.807, 2.05) is 0 Å². The van der Waals surface area contributed by atoms with Gasteiger partial charge in [0, 0.05) is 18.9 Å². The van der Waals surface area contributed by atoms with Crippen LogP contribution < -0.4 is 5.32 Å². The Morgan fingerprint density at radius 1 is 1.31 bits per heavy atom. The second kappa shape index (κ2) is 9.70. The molecule has 0 atom stereocenters. The third-order valence-corrected chi connectivity index (χ3v) is 3.37. The van der Waals surface area contributed by atoms with E-state index in [1.54, 1.807) is 19.2 Å². The molecule has 1 aromatic rings. The van der Waals surface area contributed by atoms with E-state index in [4.69, 9.17) is 10.5 Å². The molecule has 0 saturated heterocycles. The third-order valence-electron chi connectivity index (χ3n) is 3.37. The molecule has 0 aliphatic heterocycles. The number of nitrogens with one attached hydrogen (secondary N) is 1. The van der Waals surface area contributed by atoms with E-state index in [-0.39, 0.29) is 36.4 Å². The van der Waals surface area contributed by atoms with Crippen LogP contribution in [0.15, 0.2) is 23.8 Å². The maximum absolute atomic E-state index is 13.4. The Morgan fingerprint density at radius 2 is 2.00 bits per heavy atom. The summed E-state index contributed by atoms with van der Waals surface area (Å²) in [6, 6.07) is 5.46. The molecule has 2 amide bonds. The number of carbonyl (C=O) groups is 3. The average Bonchev–Trinajstić information content (AvgIpc) is 2.63. The first-order valence-electron chi connectivity index (χ1n) is 7.70. The molecule has 1 aromatic carbocycles. The van der Waals surface area contributed by atoms with E-state index in [1.165, 1.54) is 25.1 Å². The largest absolute Gasteiger partial charge is 0.347 e. The highest BCUT2D eigenvalue weighted by atomic mass is 19.1. The normalized spacial score (nSPS) is 10.4. The van der Waals surface area contributed by atoms with Gasteiger partial charge in [0.1, 0.15) is 11.9 Å². The summed E-state index contributed by atoms with van der Waals surface area (Å²) in [4.78, 5) is 35.8. The van der Waals surface area contributed by atoms with Crippen LogP contribution in [0.4, 0.5) is 4.39 Å². The van der Waals surface area contributed by atoms with Gasteiger partial charge in [0.25, 0.3) is 5.91 Å². The Hall–Kier alpha value is -3.52. The van der Waals surface area contributed by atoms with Gasteiger partial charge in [-0.05, 0) is 23.8 Å². The molecule has 0 aromatic heterocycles. The maximum atomic E-state index is 13.4. The van der Waals surface area contributed by atoms with Crippen molar-refractivity contribution in [3.05, 3.63) is 40.7 Å². The Labute approximate surface area is 150 Å². The van der Waals surface area contributed by atoms with Gasteiger partial charge >= 0.3 is 0 Å². The summed E-state index contributed by atoms with van der Waals surface area (Å²) in [7, 11) is 0. The quantitative estimate of drug-likeness (QED) is 0.452. The molecule has 0 aliphatic rings. The number of benzene rings is 1. The van der Waals surface area contributed by atoms with Crippen LogP contribution in [0.25, 0.3) is 6.08 Å². The number of Topliss-reactive ketones (excluding diaryl/α,β-unsaturated/α-hetero) is 1. The van der Waals surface area contributed by atoms with Crippen molar-refractivity contribution in [3.8, 4) is 12.3 Å². The highest BCUT2D eigenvalue weighted by Gasteiger charge is 2.18. The van der Waals surface area contributed by atoms with Crippen molar-refractivity contribution in [1.29, 1.82) is 10.5 Å². The van der Waals surface area contributed by atoms with Crippen molar-refractivity contribution >= 4 is 23.7 Å². The summed E-state index contributed by atoms with van der Waals surface area (Å²) in [6.07, 6.45) is 3.22. The van der Waals surface area contributed by atoms with Gasteiger partial charge in [-0.25, -0.2) is 9.29 Å². The van der Waals surface area contributed by atoms with E-state index >= 15 is 0 Å². The lowest BCUT2D eigenvalue weighted by atomic mass is 10.0. The minimum atomic E-state index is -0.683. The Kier molecular flexibility index (Phi) is 7.66. The van der Waals surface area contributed by atoms with Gasteiger partial charge in [0.2, 0.25) is 5.91 Å². The van der Waals surface area contributed by atoms with Crippen molar-refractivity contribution in [2.75, 3.05) is 13.1 Å². The maximum Gasteiger partial charge on any atom is 0.255 e. The van der Waals surface area contributed by atoms with E-state index in [0.717, 1.165) is 11.0 Å². The average molecular weight is 356 g/mol. The van der Waals surface area contributed by atoms with Gasteiger partial charge in [-0.15, -0.1) is 0 Å². The lowest BCUT2D eigenvalue weighted by Crippen LogP contribution is -2.38. The summed E-state index contributed by atoms with van der Waals surface area (Å²) >= 11 is 0. The molecular weight excluding hydrogens is 339 g/mol. The van der Waals surface area contributed by atoms with Crippen LogP contribution in [0.5, 0.6) is 0 Å². The van der Waals surface area contributed by atoms with Crippen molar-refractivity contribution in [1.82, 2.24) is 10.2 Å². The lowest BCUT2D eigenvalue weighted by Gasteiger charge is -2.15. The second-order valence-corrected chi connectivity index (χ2v) is 5.29. The molecule has 0 fully saturated rings. The Balaban J connectivity index is 3.12. The Bertz CT molecular complexity index is 834. The highest BCUT2D eigenvalue weighted by Crippen LogP contribution is 2.15. The van der Waals surface area contributed by atoms with E-state index in [9.17, 15) is 18.8 Å². The number of ketones is 1. The van der Waals surface area contributed by atoms with Gasteiger partial charge in [-0.2, -0.15) is 10.5 Å².